The number of benzene rings is 2. The van der Waals surface area contributed by atoms with Crippen LogP contribution in [0.3, 0.4) is 0 Å². The van der Waals surface area contributed by atoms with Crippen LogP contribution in [0.2, 0.25) is 0 Å². The molecule has 2 aromatic heterocycles. The molecule has 0 unspecified atom stereocenters. The highest BCUT2D eigenvalue weighted by Gasteiger charge is 2.26. The molecule has 1 fully saturated rings. The van der Waals surface area contributed by atoms with Crippen LogP contribution in [0, 0.1) is 25.5 Å². The fourth-order valence-corrected chi connectivity index (χ4v) is 4.76. The number of hydrogen-bond donors (Lipinski definition) is 2. The smallest absolute Gasteiger partial charge is 0.149 e. The van der Waals surface area contributed by atoms with Crippen molar-refractivity contribution in [2.75, 3.05) is 25.1 Å². The molecule has 34 heavy (non-hydrogen) atoms. The fraction of sp³-hybridized carbons (Fsp3) is 0.308. The Morgan fingerprint density at radius 1 is 1.06 bits per heavy atom. The molecule has 0 atom stereocenters. The summed E-state index contributed by atoms with van der Waals surface area (Å²) in [6.07, 6.45) is 3.49. The summed E-state index contributed by atoms with van der Waals surface area (Å²) < 4.78 is 33.9. The molecule has 4 aromatic rings. The zero-order chi connectivity index (χ0) is 24.0. The highest BCUT2D eigenvalue weighted by Crippen LogP contribution is 2.42. The summed E-state index contributed by atoms with van der Waals surface area (Å²) in [6.45, 7) is 5.31. The minimum Gasteiger partial charge on any atom is -0.494 e. The molecule has 2 aromatic carbocycles. The molecular formula is C26H27F2N5O. The van der Waals surface area contributed by atoms with E-state index in [1.807, 2.05) is 19.9 Å². The number of piperidine rings is 1. The maximum absolute atomic E-state index is 14.4. The van der Waals surface area contributed by atoms with E-state index >= 15 is 0 Å². The highest BCUT2D eigenvalue weighted by molar-refractivity contribution is 5.93. The summed E-state index contributed by atoms with van der Waals surface area (Å²) in [5, 5.41) is 0. The fourth-order valence-electron chi connectivity index (χ4n) is 4.76. The van der Waals surface area contributed by atoms with E-state index in [0.29, 0.717) is 22.6 Å². The Labute approximate surface area is 196 Å². The van der Waals surface area contributed by atoms with E-state index < -0.39 is 5.82 Å². The molecule has 3 N–H and O–H groups in total. The summed E-state index contributed by atoms with van der Waals surface area (Å²) in [5.41, 5.74) is 12.1. The van der Waals surface area contributed by atoms with Gasteiger partial charge in [0, 0.05) is 37.0 Å². The number of nitrogens with zero attached hydrogens (tertiary/aromatic N) is 3. The number of pyridine rings is 1. The number of methoxy groups -OCH3 is 1. The van der Waals surface area contributed by atoms with Gasteiger partial charge in [0.05, 0.1) is 29.6 Å². The van der Waals surface area contributed by atoms with Crippen molar-refractivity contribution in [2.45, 2.75) is 32.7 Å². The molecule has 0 amide bonds. The molecule has 0 saturated carbocycles. The number of hydrogen-bond acceptors (Lipinski definition) is 5. The van der Waals surface area contributed by atoms with Gasteiger partial charge in [0.2, 0.25) is 0 Å². The molecule has 1 aliphatic heterocycles. The van der Waals surface area contributed by atoms with Crippen LogP contribution in [0.4, 0.5) is 14.5 Å². The number of halogens is 2. The van der Waals surface area contributed by atoms with Crippen LogP contribution in [0.15, 0.2) is 36.5 Å². The Morgan fingerprint density at radius 3 is 2.50 bits per heavy atom. The number of imidazole rings is 1. The van der Waals surface area contributed by atoms with Crippen molar-refractivity contribution in [3.63, 3.8) is 0 Å². The third kappa shape index (κ3) is 3.98. The first-order valence-corrected chi connectivity index (χ1v) is 11.4. The number of nitrogens with two attached hydrogens (primary N) is 1. The lowest BCUT2D eigenvalue weighted by atomic mass is 9.96. The average Bonchev–Trinajstić information content (AvgIpc) is 3.21. The number of ether oxygens (including phenoxy) is 1. The van der Waals surface area contributed by atoms with Gasteiger partial charge in [-0.3, -0.25) is 4.98 Å². The summed E-state index contributed by atoms with van der Waals surface area (Å²) in [6, 6.07) is 7.86. The van der Waals surface area contributed by atoms with Crippen molar-refractivity contribution in [3.8, 4) is 28.3 Å². The Kier molecular flexibility index (Phi) is 5.69. The first kappa shape index (κ1) is 22.3. The SMILES string of the molecule is COc1cc(F)cc2[nH]c(-c3c(C)ncc(-c4cc(C)cc(F)c4)c3N3CCC(N)CC3)nc12. The number of aromatic nitrogens is 3. The predicted octanol–water partition coefficient (Wildman–Crippen LogP) is 5.12. The minimum atomic E-state index is -0.413. The zero-order valence-corrected chi connectivity index (χ0v) is 19.5. The standard InChI is InChI=1S/C26H27F2N5O/c1-14-8-16(10-17(27)9-14)20-13-30-15(2)23(25(20)33-6-4-19(29)5-7-33)26-31-21-11-18(28)12-22(34-3)24(21)32-26/h8-13,19H,4-7,29H2,1-3H3,(H,31,32). The van der Waals surface area contributed by atoms with Gasteiger partial charge in [-0.15, -0.1) is 0 Å². The number of rotatable bonds is 4. The first-order valence-electron chi connectivity index (χ1n) is 11.4. The molecule has 176 valence electrons. The van der Waals surface area contributed by atoms with Crippen molar-refractivity contribution in [3.05, 3.63) is 59.4 Å². The monoisotopic (exact) mass is 463 g/mol. The summed E-state index contributed by atoms with van der Waals surface area (Å²) in [7, 11) is 1.49. The third-order valence-corrected chi connectivity index (χ3v) is 6.42. The highest BCUT2D eigenvalue weighted by atomic mass is 19.1. The average molecular weight is 464 g/mol. The van der Waals surface area contributed by atoms with Crippen LogP contribution in [0.5, 0.6) is 5.75 Å². The number of nitrogens with one attached hydrogen (secondary N) is 1. The lowest BCUT2D eigenvalue weighted by Gasteiger charge is -2.35. The van der Waals surface area contributed by atoms with Gasteiger partial charge < -0.3 is 20.4 Å². The second-order valence-electron chi connectivity index (χ2n) is 8.91. The lowest BCUT2D eigenvalue weighted by molar-refractivity contribution is 0.416. The van der Waals surface area contributed by atoms with E-state index in [-0.39, 0.29) is 11.9 Å². The Balaban J connectivity index is 1.77. The molecule has 3 heterocycles. The molecule has 8 heteroatoms. The van der Waals surface area contributed by atoms with E-state index in [4.69, 9.17) is 15.5 Å². The summed E-state index contributed by atoms with van der Waals surface area (Å²) in [5.74, 6) is 0.200. The molecule has 0 bridgehead atoms. The van der Waals surface area contributed by atoms with Crippen LogP contribution in [-0.4, -0.2) is 41.2 Å². The largest absolute Gasteiger partial charge is 0.494 e. The minimum absolute atomic E-state index is 0.154. The number of aryl methyl sites for hydroxylation is 2. The Hall–Kier alpha value is -3.52. The van der Waals surface area contributed by atoms with Crippen LogP contribution >= 0.6 is 0 Å². The number of fused-ring (bicyclic) bond motifs is 1. The van der Waals surface area contributed by atoms with Gasteiger partial charge in [-0.2, -0.15) is 0 Å². The van der Waals surface area contributed by atoms with E-state index in [0.717, 1.165) is 59.6 Å². The van der Waals surface area contributed by atoms with Crippen LogP contribution in [-0.2, 0) is 0 Å². The van der Waals surface area contributed by atoms with Crippen LogP contribution < -0.4 is 15.4 Å². The van der Waals surface area contributed by atoms with Crippen molar-refractivity contribution in [1.29, 1.82) is 0 Å². The van der Waals surface area contributed by atoms with Crippen LogP contribution in [0.25, 0.3) is 33.5 Å². The number of aromatic amines is 1. The van der Waals surface area contributed by atoms with Gasteiger partial charge in [0.1, 0.15) is 28.7 Å². The second kappa shape index (κ2) is 8.68. The molecule has 1 aliphatic rings. The van der Waals surface area contributed by atoms with Crippen molar-refractivity contribution in [2.24, 2.45) is 5.73 Å². The summed E-state index contributed by atoms with van der Waals surface area (Å²) in [4.78, 5) is 15.0. The molecule has 6 nitrogen and oxygen atoms in total. The molecular weight excluding hydrogens is 436 g/mol. The maximum atomic E-state index is 14.4. The number of anilines is 1. The second-order valence-corrected chi connectivity index (χ2v) is 8.91. The van der Waals surface area contributed by atoms with Crippen molar-refractivity contribution in [1.82, 2.24) is 15.0 Å². The normalized spacial score (nSPS) is 14.7. The van der Waals surface area contributed by atoms with Crippen molar-refractivity contribution < 1.29 is 13.5 Å². The molecule has 0 aliphatic carbocycles. The first-order chi connectivity index (χ1) is 16.3. The predicted molar refractivity (Wildman–Crippen MR) is 130 cm³/mol. The van der Waals surface area contributed by atoms with E-state index in [1.165, 1.54) is 31.4 Å². The van der Waals surface area contributed by atoms with Gasteiger partial charge >= 0.3 is 0 Å². The number of H-pyrrole nitrogens is 1. The zero-order valence-electron chi connectivity index (χ0n) is 19.5. The van der Waals surface area contributed by atoms with Gasteiger partial charge in [0.25, 0.3) is 0 Å². The third-order valence-electron chi connectivity index (χ3n) is 6.42. The molecule has 0 radical (unpaired) electrons. The van der Waals surface area contributed by atoms with Gasteiger partial charge in [-0.1, -0.05) is 6.07 Å². The van der Waals surface area contributed by atoms with Crippen LogP contribution in [0.1, 0.15) is 24.1 Å². The molecule has 1 saturated heterocycles. The maximum Gasteiger partial charge on any atom is 0.149 e. The summed E-state index contributed by atoms with van der Waals surface area (Å²) >= 11 is 0. The topological polar surface area (TPSA) is 80.1 Å². The van der Waals surface area contributed by atoms with Gasteiger partial charge in [-0.25, -0.2) is 13.8 Å². The Morgan fingerprint density at radius 2 is 1.79 bits per heavy atom. The Bertz CT molecular complexity index is 1360. The quantitative estimate of drug-likeness (QED) is 0.439. The van der Waals surface area contributed by atoms with Gasteiger partial charge in [-0.05, 0) is 56.0 Å². The van der Waals surface area contributed by atoms with E-state index in [2.05, 4.69) is 14.9 Å². The molecule has 5 rings (SSSR count). The van der Waals surface area contributed by atoms with E-state index in [9.17, 15) is 8.78 Å². The molecule has 0 spiro atoms. The van der Waals surface area contributed by atoms with Crippen molar-refractivity contribution >= 4 is 16.7 Å². The van der Waals surface area contributed by atoms with Gasteiger partial charge in [0.15, 0.2) is 0 Å². The van der Waals surface area contributed by atoms with E-state index in [1.54, 1.807) is 6.20 Å². The lowest BCUT2D eigenvalue weighted by Crippen LogP contribution is -2.40.